The normalized spacial score (nSPS) is 17.9. The number of hydrogen-bond donors (Lipinski definition) is 6. The zero-order valence-electron chi connectivity index (χ0n) is 19.2. The molecule has 2 rings (SSSR count). The van der Waals surface area contributed by atoms with Crippen LogP contribution in [0.2, 0.25) is 0 Å². The van der Waals surface area contributed by atoms with Crippen LogP contribution in [0, 0.1) is 5.92 Å². The smallest absolute Gasteiger partial charge is 0.326 e. The Labute approximate surface area is 197 Å². The largest absolute Gasteiger partial charge is 0.481 e. The van der Waals surface area contributed by atoms with Gasteiger partial charge in [0, 0.05) is 6.42 Å². The molecule has 34 heavy (non-hydrogen) atoms. The molecule has 0 spiro atoms. The minimum absolute atomic E-state index is 0.121. The molecule has 0 saturated carbocycles. The standard InChI is InChI=1S/C23H32N4O7/c1-13(2)19(23(33)34)27-22(32)17(12-18(28)29)26-21(31)16(11-14-7-4-3-5-8-14)25-20(30)15-9-6-10-24-15/h3-5,7-8,13,15-17,19,24H,6,9-12H2,1-2H3,(H,25,30)(H,26,31)(H,27,32)(H,28,29)(H,33,34). The molecule has 1 aliphatic heterocycles. The summed E-state index contributed by atoms with van der Waals surface area (Å²) in [6.45, 7) is 3.87. The van der Waals surface area contributed by atoms with Crippen molar-refractivity contribution in [3.63, 3.8) is 0 Å². The fourth-order valence-corrected chi connectivity index (χ4v) is 3.66. The van der Waals surface area contributed by atoms with Crippen molar-refractivity contribution in [1.29, 1.82) is 0 Å². The summed E-state index contributed by atoms with van der Waals surface area (Å²) in [5.41, 5.74) is 0.757. The van der Waals surface area contributed by atoms with E-state index in [4.69, 9.17) is 0 Å². The van der Waals surface area contributed by atoms with Crippen LogP contribution in [-0.2, 0) is 30.4 Å². The quantitative estimate of drug-likeness (QED) is 0.237. The van der Waals surface area contributed by atoms with Gasteiger partial charge in [-0.2, -0.15) is 0 Å². The number of hydrogen-bond acceptors (Lipinski definition) is 6. The molecule has 0 bridgehead atoms. The molecule has 1 aromatic carbocycles. The van der Waals surface area contributed by atoms with Crippen LogP contribution in [0.4, 0.5) is 0 Å². The van der Waals surface area contributed by atoms with Crippen LogP contribution in [0.5, 0.6) is 0 Å². The fourth-order valence-electron chi connectivity index (χ4n) is 3.66. The van der Waals surface area contributed by atoms with Crippen LogP contribution < -0.4 is 21.3 Å². The van der Waals surface area contributed by atoms with Gasteiger partial charge in [-0.3, -0.25) is 19.2 Å². The highest BCUT2D eigenvalue weighted by molar-refractivity contribution is 5.95. The van der Waals surface area contributed by atoms with Gasteiger partial charge in [0.15, 0.2) is 0 Å². The first kappa shape index (κ1) is 26.8. The SMILES string of the molecule is CC(C)C(NC(=O)C(CC(=O)O)NC(=O)C(Cc1ccccc1)NC(=O)C1CCCN1)C(=O)O. The van der Waals surface area contributed by atoms with Crippen molar-refractivity contribution in [2.24, 2.45) is 5.92 Å². The minimum atomic E-state index is -1.52. The number of carbonyl (C=O) groups excluding carboxylic acids is 3. The average Bonchev–Trinajstić information content (AvgIpc) is 3.31. The summed E-state index contributed by atoms with van der Waals surface area (Å²) in [5.74, 6) is -5.13. The minimum Gasteiger partial charge on any atom is -0.481 e. The predicted molar refractivity (Wildman–Crippen MR) is 122 cm³/mol. The van der Waals surface area contributed by atoms with Crippen molar-refractivity contribution < 1.29 is 34.2 Å². The van der Waals surface area contributed by atoms with Gasteiger partial charge < -0.3 is 31.5 Å². The topological polar surface area (TPSA) is 174 Å². The molecule has 1 heterocycles. The van der Waals surface area contributed by atoms with E-state index in [2.05, 4.69) is 21.3 Å². The molecule has 0 aliphatic carbocycles. The van der Waals surface area contributed by atoms with E-state index in [0.717, 1.165) is 12.0 Å². The highest BCUT2D eigenvalue weighted by Crippen LogP contribution is 2.09. The van der Waals surface area contributed by atoms with E-state index in [0.29, 0.717) is 13.0 Å². The van der Waals surface area contributed by atoms with E-state index in [1.54, 1.807) is 44.2 Å². The molecule has 1 saturated heterocycles. The molecule has 0 radical (unpaired) electrons. The van der Waals surface area contributed by atoms with Gasteiger partial charge >= 0.3 is 11.9 Å². The summed E-state index contributed by atoms with van der Waals surface area (Å²) >= 11 is 0. The lowest BCUT2D eigenvalue weighted by Crippen LogP contribution is -2.58. The Bertz CT molecular complexity index is 885. The summed E-state index contributed by atoms with van der Waals surface area (Å²) in [5, 5.41) is 29.0. The molecule has 11 heteroatoms. The third kappa shape index (κ3) is 8.14. The van der Waals surface area contributed by atoms with Crippen molar-refractivity contribution >= 4 is 29.7 Å². The summed E-state index contributed by atoms with van der Waals surface area (Å²) in [6, 6.07) is 4.64. The second-order valence-electron chi connectivity index (χ2n) is 8.63. The number of benzene rings is 1. The number of amides is 3. The second-order valence-corrected chi connectivity index (χ2v) is 8.63. The highest BCUT2D eigenvalue weighted by Gasteiger charge is 2.33. The number of carboxylic acid groups (broad SMARTS) is 2. The Morgan fingerprint density at radius 2 is 1.62 bits per heavy atom. The van der Waals surface area contributed by atoms with Crippen LogP contribution in [0.3, 0.4) is 0 Å². The third-order valence-corrected chi connectivity index (χ3v) is 5.53. The summed E-state index contributed by atoms with van der Waals surface area (Å²) in [6.07, 6.45) is 0.824. The van der Waals surface area contributed by atoms with E-state index in [9.17, 15) is 34.2 Å². The van der Waals surface area contributed by atoms with Gasteiger partial charge in [-0.1, -0.05) is 44.2 Å². The van der Waals surface area contributed by atoms with Crippen molar-refractivity contribution in [3.05, 3.63) is 35.9 Å². The maximum absolute atomic E-state index is 13.1. The Hall–Kier alpha value is -3.47. The Morgan fingerprint density at radius 3 is 2.15 bits per heavy atom. The lowest BCUT2D eigenvalue weighted by molar-refractivity contribution is -0.144. The van der Waals surface area contributed by atoms with Gasteiger partial charge in [0.25, 0.3) is 0 Å². The third-order valence-electron chi connectivity index (χ3n) is 5.53. The van der Waals surface area contributed by atoms with Crippen molar-refractivity contribution in [1.82, 2.24) is 21.3 Å². The van der Waals surface area contributed by atoms with Gasteiger partial charge in [-0.25, -0.2) is 4.79 Å². The molecule has 1 aliphatic rings. The molecule has 4 atom stereocenters. The van der Waals surface area contributed by atoms with Crippen LogP contribution in [0.25, 0.3) is 0 Å². The predicted octanol–water partition coefficient (Wildman–Crippen LogP) is -0.349. The maximum atomic E-state index is 13.1. The zero-order chi connectivity index (χ0) is 25.3. The van der Waals surface area contributed by atoms with Gasteiger partial charge in [0.05, 0.1) is 12.5 Å². The van der Waals surface area contributed by atoms with E-state index < -0.39 is 60.3 Å². The highest BCUT2D eigenvalue weighted by atomic mass is 16.4. The lowest BCUT2D eigenvalue weighted by Gasteiger charge is -2.25. The molecule has 1 aromatic rings. The second kappa shape index (κ2) is 12.7. The van der Waals surface area contributed by atoms with Crippen molar-refractivity contribution in [3.8, 4) is 0 Å². The molecule has 3 amide bonds. The van der Waals surface area contributed by atoms with Crippen molar-refractivity contribution in [2.75, 3.05) is 6.54 Å². The van der Waals surface area contributed by atoms with Gasteiger partial charge in [0.1, 0.15) is 18.1 Å². The van der Waals surface area contributed by atoms with Crippen LogP contribution in [0.1, 0.15) is 38.7 Å². The fraction of sp³-hybridized carbons (Fsp3) is 0.522. The van der Waals surface area contributed by atoms with Crippen LogP contribution >= 0.6 is 0 Å². The number of nitrogens with one attached hydrogen (secondary N) is 4. The number of carboxylic acids is 2. The first-order valence-corrected chi connectivity index (χ1v) is 11.2. The molecule has 0 aromatic heterocycles. The first-order chi connectivity index (χ1) is 16.1. The van der Waals surface area contributed by atoms with Crippen LogP contribution in [-0.4, -0.2) is 70.6 Å². The molecular weight excluding hydrogens is 444 g/mol. The number of rotatable bonds is 12. The number of carbonyl (C=O) groups is 5. The average molecular weight is 477 g/mol. The van der Waals surface area contributed by atoms with E-state index in [-0.39, 0.29) is 12.3 Å². The summed E-state index contributed by atoms with van der Waals surface area (Å²) in [7, 11) is 0. The molecule has 1 fully saturated rings. The Balaban J connectivity index is 2.19. The van der Waals surface area contributed by atoms with E-state index in [1.165, 1.54) is 0 Å². The van der Waals surface area contributed by atoms with Gasteiger partial charge in [-0.05, 0) is 30.9 Å². The molecular formula is C23H32N4O7. The van der Waals surface area contributed by atoms with E-state index in [1.807, 2.05) is 0 Å². The van der Waals surface area contributed by atoms with E-state index >= 15 is 0 Å². The summed E-state index contributed by atoms with van der Waals surface area (Å²) in [4.78, 5) is 61.2. The Morgan fingerprint density at radius 1 is 0.971 bits per heavy atom. The van der Waals surface area contributed by atoms with Gasteiger partial charge in [0.2, 0.25) is 17.7 Å². The molecule has 11 nitrogen and oxygen atoms in total. The number of aliphatic carboxylic acids is 2. The maximum Gasteiger partial charge on any atom is 0.326 e. The summed E-state index contributed by atoms with van der Waals surface area (Å²) < 4.78 is 0. The van der Waals surface area contributed by atoms with Crippen LogP contribution in [0.15, 0.2) is 30.3 Å². The van der Waals surface area contributed by atoms with Gasteiger partial charge in [-0.15, -0.1) is 0 Å². The molecule has 6 N–H and O–H groups in total. The lowest BCUT2D eigenvalue weighted by atomic mass is 10.0. The first-order valence-electron chi connectivity index (χ1n) is 11.2. The van der Waals surface area contributed by atoms with Crippen molar-refractivity contribution in [2.45, 2.75) is 63.7 Å². The molecule has 186 valence electrons. The monoisotopic (exact) mass is 476 g/mol. The Kier molecular flexibility index (Phi) is 9.99. The zero-order valence-corrected chi connectivity index (χ0v) is 19.2. The molecule has 4 unspecified atom stereocenters.